The van der Waals surface area contributed by atoms with Gasteiger partial charge in [-0.25, -0.2) is 0 Å². The van der Waals surface area contributed by atoms with E-state index >= 15 is 0 Å². The van der Waals surface area contributed by atoms with E-state index in [1.165, 1.54) is 19.5 Å². The molecule has 0 saturated carbocycles. The first-order chi connectivity index (χ1) is 15.5. The Morgan fingerprint density at radius 2 is 1.81 bits per heavy atom. The Hall–Kier alpha value is -3.29. The lowest BCUT2D eigenvalue weighted by molar-refractivity contribution is -0.138. The number of benzene rings is 2. The molecule has 1 aliphatic heterocycles. The molecule has 7 nitrogen and oxygen atoms in total. The highest BCUT2D eigenvalue weighted by molar-refractivity contribution is 6.34. The van der Waals surface area contributed by atoms with Crippen molar-refractivity contribution in [1.29, 1.82) is 0 Å². The van der Waals surface area contributed by atoms with Crippen molar-refractivity contribution in [3.63, 3.8) is 0 Å². The number of amides is 1. The van der Waals surface area contributed by atoms with E-state index in [1.807, 2.05) is 29.2 Å². The van der Waals surface area contributed by atoms with Crippen LogP contribution in [0.4, 0.5) is 11.4 Å². The molecule has 0 spiro atoms. The van der Waals surface area contributed by atoms with Crippen LogP contribution in [0.2, 0.25) is 10.0 Å². The van der Waals surface area contributed by atoms with E-state index in [0.29, 0.717) is 40.3 Å². The van der Waals surface area contributed by atoms with E-state index in [-0.39, 0.29) is 24.0 Å². The summed E-state index contributed by atoms with van der Waals surface area (Å²) in [7, 11) is 1.35. The minimum absolute atomic E-state index is 0.101. The van der Waals surface area contributed by atoms with Crippen molar-refractivity contribution in [3.8, 4) is 11.5 Å². The number of methoxy groups -OCH3 is 1. The maximum absolute atomic E-state index is 13.5. The van der Waals surface area contributed by atoms with Gasteiger partial charge in [0.2, 0.25) is 0 Å². The van der Waals surface area contributed by atoms with Gasteiger partial charge in [0.05, 0.1) is 23.5 Å². The van der Waals surface area contributed by atoms with Crippen molar-refractivity contribution in [2.75, 3.05) is 36.5 Å². The Morgan fingerprint density at radius 3 is 2.59 bits per heavy atom. The number of nitrogens with zero attached hydrogens (tertiary/aromatic N) is 3. The van der Waals surface area contributed by atoms with Gasteiger partial charge in [0, 0.05) is 36.6 Å². The van der Waals surface area contributed by atoms with Gasteiger partial charge in [-0.1, -0.05) is 35.3 Å². The molecule has 0 bridgehead atoms. The lowest BCUT2D eigenvalue weighted by Crippen LogP contribution is -2.46. The third-order valence-corrected chi connectivity index (χ3v) is 5.57. The average molecular weight is 472 g/mol. The Kier molecular flexibility index (Phi) is 6.48. The largest absolute Gasteiger partial charge is 0.468 e. The Balaban J connectivity index is 1.66. The highest BCUT2D eigenvalue weighted by Gasteiger charge is 2.30. The summed E-state index contributed by atoms with van der Waals surface area (Å²) in [5.74, 6) is 0.0173. The minimum Gasteiger partial charge on any atom is -0.468 e. The molecule has 2 aromatic carbocycles. The van der Waals surface area contributed by atoms with Gasteiger partial charge >= 0.3 is 5.97 Å². The van der Waals surface area contributed by atoms with Crippen LogP contribution in [0.15, 0.2) is 60.9 Å². The molecule has 0 atom stereocenters. The molecule has 2 heterocycles. The van der Waals surface area contributed by atoms with Crippen LogP contribution >= 0.6 is 23.2 Å². The van der Waals surface area contributed by atoms with Crippen LogP contribution in [0.25, 0.3) is 0 Å². The second kappa shape index (κ2) is 9.46. The molecule has 32 heavy (non-hydrogen) atoms. The molecule has 3 aromatic rings. The Labute approximate surface area is 195 Å². The number of esters is 1. The molecule has 0 unspecified atom stereocenters. The number of ether oxygens (including phenoxy) is 2. The van der Waals surface area contributed by atoms with Crippen molar-refractivity contribution < 1.29 is 19.1 Å². The van der Waals surface area contributed by atoms with E-state index in [4.69, 9.17) is 32.7 Å². The van der Waals surface area contributed by atoms with Crippen molar-refractivity contribution in [2.45, 2.75) is 0 Å². The summed E-state index contributed by atoms with van der Waals surface area (Å²) in [4.78, 5) is 33.0. The molecule has 1 aromatic heterocycles. The molecule has 1 amide bonds. The summed E-state index contributed by atoms with van der Waals surface area (Å²) in [6.07, 6.45) is 2.99. The van der Waals surface area contributed by atoms with Gasteiger partial charge < -0.3 is 19.3 Å². The number of para-hydroxylation sites is 2. The lowest BCUT2D eigenvalue weighted by Gasteiger charge is -2.37. The number of halogens is 2. The Bertz CT molecular complexity index is 1170. The van der Waals surface area contributed by atoms with Crippen molar-refractivity contribution in [1.82, 2.24) is 4.98 Å². The number of hydrogen-bond acceptors (Lipinski definition) is 6. The number of aromatic nitrogens is 1. The maximum Gasteiger partial charge on any atom is 0.325 e. The van der Waals surface area contributed by atoms with E-state index in [0.717, 1.165) is 5.69 Å². The first-order valence-electron chi connectivity index (χ1n) is 9.77. The van der Waals surface area contributed by atoms with Crippen LogP contribution in [-0.4, -0.2) is 43.6 Å². The number of carbonyl (C=O) groups is 2. The molecule has 0 fully saturated rings. The minimum atomic E-state index is -0.346. The van der Waals surface area contributed by atoms with Crippen LogP contribution in [0.1, 0.15) is 10.4 Å². The van der Waals surface area contributed by atoms with Gasteiger partial charge in [0.15, 0.2) is 0 Å². The number of rotatable bonds is 5. The number of hydrogen-bond donors (Lipinski definition) is 0. The zero-order valence-corrected chi connectivity index (χ0v) is 18.6. The topological polar surface area (TPSA) is 72.0 Å². The second-order valence-corrected chi connectivity index (χ2v) is 7.84. The summed E-state index contributed by atoms with van der Waals surface area (Å²) in [6, 6.07) is 13.9. The quantitative estimate of drug-likeness (QED) is 0.496. The fourth-order valence-electron chi connectivity index (χ4n) is 3.47. The van der Waals surface area contributed by atoms with Gasteiger partial charge in [0.1, 0.15) is 23.6 Å². The molecule has 9 heteroatoms. The predicted octanol–water partition coefficient (Wildman–Crippen LogP) is 4.82. The molecular formula is C23H19Cl2N3O4. The van der Waals surface area contributed by atoms with Gasteiger partial charge in [-0.15, -0.1) is 0 Å². The fraction of sp³-hybridized carbons (Fsp3) is 0.174. The zero-order valence-electron chi connectivity index (χ0n) is 17.1. The summed E-state index contributed by atoms with van der Waals surface area (Å²) < 4.78 is 10.7. The summed E-state index contributed by atoms with van der Waals surface area (Å²) >= 11 is 12.3. The number of anilines is 2. The molecule has 164 valence electrons. The predicted molar refractivity (Wildman–Crippen MR) is 123 cm³/mol. The lowest BCUT2D eigenvalue weighted by atomic mass is 10.1. The normalized spacial score (nSPS) is 12.8. The van der Waals surface area contributed by atoms with Gasteiger partial charge in [-0.3, -0.25) is 14.6 Å². The number of carbonyl (C=O) groups excluding carboxylic acids is 2. The Morgan fingerprint density at radius 1 is 1.03 bits per heavy atom. The first-order valence-corrected chi connectivity index (χ1v) is 10.5. The monoisotopic (exact) mass is 471 g/mol. The number of fused-ring (bicyclic) bond motifs is 1. The standard InChI is InChI=1S/C23H19Cl2N3O4/c1-31-22(29)14-27-10-11-28(19-5-3-2-4-18(19)27)23(30)16-13-26-9-8-20(16)32-21-12-15(24)6-7-17(21)25/h2-9,12-13H,10-11,14H2,1H3. The van der Waals surface area contributed by atoms with Crippen molar-refractivity contribution in [3.05, 3.63) is 76.5 Å². The van der Waals surface area contributed by atoms with Gasteiger partial charge in [0.25, 0.3) is 5.91 Å². The van der Waals surface area contributed by atoms with Crippen LogP contribution in [-0.2, 0) is 9.53 Å². The first kappa shape index (κ1) is 21.9. The van der Waals surface area contributed by atoms with Gasteiger partial charge in [-0.2, -0.15) is 0 Å². The van der Waals surface area contributed by atoms with Crippen LogP contribution in [0.3, 0.4) is 0 Å². The molecule has 0 N–H and O–H groups in total. The van der Waals surface area contributed by atoms with E-state index < -0.39 is 0 Å². The molecule has 1 aliphatic rings. The van der Waals surface area contributed by atoms with Gasteiger partial charge in [-0.05, 0) is 30.3 Å². The van der Waals surface area contributed by atoms with E-state index in [1.54, 1.807) is 29.2 Å². The summed E-state index contributed by atoms with van der Waals surface area (Å²) in [6.45, 7) is 0.942. The molecule has 0 aliphatic carbocycles. The summed E-state index contributed by atoms with van der Waals surface area (Å²) in [5.41, 5.74) is 1.73. The smallest absolute Gasteiger partial charge is 0.325 e. The van der Waals surface area contributed by atoms with Crippen molar-refractivity contribution in [2.24, 2.45) is 0 Å². The SMILES string of the molecule is COC(=O)CN1CCN(C(=O)c2cnccc2Oc2cc(Cl)ccc2Cl)c2ccccc21. The van der Waals surface area contributed by atoms with Crippen LogP contribution in [0.5, 0.6) is 11.5 Å². The fourth-order valence-corrected chi connectivity index (χ4v) is 3.79. The number of pyridine rings is 1. The maximum atomic E-state index is 13.5. The van der Waals surface area contributed by atoms with Crippen molar-refractivity contribution >= 4 is 46.5 Å². The highest BCUT2D eigenvalue weighted by Crippen LogP contribution is 2.37. The van der Waals surface area contributed by atoms with Crippen LogP contribution < -0.4 is 14.5 Å². The second-order valence-electron chi connectivity index (χ2n) is 6.99. The zero-order chi connectivity index (χ0) is 22.7. The molecule has 0 radical (unpaired) electrons. The molecule has 0 saturated heterocycles. The molecule has 4 rings (SSSR count). The summed E-state index contributed by atoms with van der Waals surface area (Å²) in [5, 5.41) is 0.827. The highest BCUT2D eigenvalue weighted by atomic mass is 35.5. The third-order valence-electron chi connectivity index (χ3n) is 5.02. The van der Waals surface area contributed by atoms with Crippen LogP contribution in [0, 0.1) is 0 Å². The average Bonchev–Trinajstić information content (AvgIpc) is 2.81. The molecular weight excluding hydrogens is 453 g/mol. The van der Waals surface area contributed by atoms with E-state index in [9.17, 15) is 9.59 Å². The third kappa shape index (κ3) is 4.49. The van der Waals surface area contributed by atoms with E-state index in [2.05, 4.69) is 4.98 Å².